The number of carbonyl (C=O) groups is 1. The predicted octanol–water partition coefficient (Wildman–Crippen LogP) is 6.00. The lowest BCUT2D eigenvalue weighted by molar-refractivity contribution is 0.0519. The van der Waals surface area contributed by atoms with Gasteiger partial charge < -0.3 is 24.8 Å². The third kappa shape index (κ3) is 7.20. The number of hydrogen-bond acceptors (Lipinski definition) is 5. The normalized spacial score (nSPS) is 20.9. The number of rotatable bonds is 10. The van der Waals surface area contributed by atoms with Gasteiger partial charge in [0.05, 0.1) is 27.0 Å². The van der Waals surface area contributed by atoms with Gasteiger partial charge in [-0.3, -0.25) is 4.90 Å². The summed E-state index contributed by atoms with van der Waals surface area (Å²) < 4.78 is 16.1. The molecular weight excluding hydrogens is 478 g/mol. The van der Waals surface area contributed by atoms with Gasteiger partial charge in [-0.05, 0) is 63.1 Å². The second kappa shape index (κ2) is 13.1. The Bertz CT molecular complexity index is 976. The number of nitrogens with zero attached hydrogens (tertiary/aromatic N) is 1. The predicted molar refractivity (Wildman–Crippen MR) is 146 cm³/mol. The fraction of sp³-hybridized carbons (Fsp3) is 0.536. The monoisotopic (exact) mass is 517 g/mol. The first-order valence-corrected chi connectivity index (χ1v) is 13.0. The summed E-state index contributed by atoms with van der Waals surface area (Å²) in [6.07, 6.45) is 4.47. The van der Waals surface area contributed by atoms with Gasteiger partial charge in [0, 0.05) is 41.8 Å². The van der Waals surface area contributed by atoms with E-state index in [1.165, 1.54) is 5.56 Å². The Morgan fingerprint density at radius 3 is 2.28 bits per heavy atom. The molecule has 0 unspecified atom stereocenters. The second-order valence-electron chi connectivity index (χ2n) is 9.69. The molecule has 2 aromatic carbocycles. The number of hydrogen-bond donors (Lipinski definition) is 2. The first-order valence-electron chi connectivity index (χ1n) is 12.7. The van der Waals surface area contributed by atoms with Crippen LogP contribution in [0.3, 0.4) is 0 Å². The van der Waals surface area contributed by atoms with Gasteiger partial charge in [0.2, 0.25) is 5.75 Å². The van der Waals surface area contributed by atoms with E-state index in [1.54, 1.807) is 33.5 Å². The summed E-state index contributed by atoms with van der Waals surface area (Å²) in [6.45, 7) is 7.41. The van der Waals surface area contributed by atoms with Crippen LogP contribution in [0.15, 0.2) is 36.4 Å². The van der Waals surface area contributed by atoms with Crippen molar-refractivity contribution in [2.75, 3.05) is 33.2 Å². The van der Waals surface area contributed by atoms with Crippen LogP contribution < -0.4 is 24.8 Å². The van der Waals surface area contributed by atoms with E-state index in [1.807, 2.05) is 19.1 Å². The smallest absolute Gasteiger partial charge is 0.319 e. The van der Waals surface area contributed by atoms with Crippen molar-refractivity contribution in [1.29, 1.82) is 0 Å². The minimum absolute atomic E-state index is 0.0173. The van der Waals surface area contributed by atoms with Gasteiger partial charge in [-0.15, -0.1) is 0 Å². The number of benzene rings is 2. The standard InChI is InChI=1S/C28H40ClN3O4/c1-7-24-14-21(13-20-8-10-22(29)11-9-20)12-19(3)32(24)17-18(2)30-28(33)31-23-15-25(34-4)27(36-6)26(16-23)35-5/h8-11,15-16,18-19,21,24H,7,12-14,17H2,1-6H3,(H2,30,31,33)/t18-,19-,21+,24-/m1/s1. The van der Waals surface area contributed by atoms with E-state index >= 15 is 0 Å². The van der Waals surface area contributed by atoms with Gasteiger partial charge in [-0.1, -0.05) is 30.7 Å². The van der Waals surface area contributed by atoms with Gasteiger partial charge >= 0.3 is 6.03 Å². The average molecular weight is 518 g/mol. The van der Waals surface area contributed by atoms with Crippen molar-refractivity contribution in [2.24, 2.45) is 5.92 Å². The van der Waals surface area contributed by atoms with Gasteiger partial charge in [-0.2, -0.15) is 0 Å². The maximum atomic E-state index is 12.8. The first-order chi connectivity index (χ1) is 17.3. The second-order valence-corrected chi connectivity index (χ2v) is 10.1. The summed E-state index contributed by atoms with van der Waals surface area (Å²) in [5.41, 5.74) is 1.91. The Kier molecular flexibility index (Phi) is 10.1. The Balaban J connectivity index is 1.57. The van der Waals surface area contributed by atoms with E-state index in [0.29, 0.717) is 40.9 Å². The van der Waals surface area contributed by atoms with Crippen LogP contribution in [0.4, 0.5) is 10.5 Å². The minimum atomic E-state index is -0.268. The molecule has 2 aromatic rings. The highest BCUT2D eigenvalue weighted by molar-refractivity contribution is 6.30. The molecular formula is C28H40ClN3O4. The van der Waals surface area contributed by atoms with E-state index in [-0.39, 0.29) is 12.1 Å². The third-order valence-electron chi connectivity index (χ3n) is 7.01. The molecule has 0 saturated carbocycles. The first kappa shape index (κ1) is 27.9. The molecule has 1 aliphatic rings. The van der Waals surface area contributed by atoms with Crippen molar-refractivity contribution in [3.05, 3.63) is 47.0 Å². The summed E-state index contributed by atoms with van der Waals surface area (Å²) in [4.78, 5) is 15.3. The third-order valence-corrected chi connectivity index (χ3v) is 7.26. The molecule has 0 bridgehead atoms. The Labute approximate surface area is 220 Å². The zero-order valence-electron chi connectivity index (χ0n) is 22.3. The highest BCUT2D eigenvalue weighted by Gasteiger charge is 2.33. The Morgan fingerprint density at radius 1 is 1.08 bits per heavy atom. The van der Waals surface area contributed by atoms with Crippen molar-refractivity contribution in [3.8, 4) is 17.2 Å². The highest BCUT2D eigenvalue weighted by Crippen LogP contribution is 2.40. The molecule has 0 spiro atoms. The SMILES string of the molecule is CC[C@@H]1C[C@H](Cc2ccc(Cl)cc2)C[C@@H](C)N1C[C@@H](C)NC(=O)Nc1cc(OC)c(OC)c(OC)c1. The molecule has 1 aliphatic heterocycles. The molecule has 8 heteroatoms. The number of amides is 2. The number of methoxy groups -OCH3 is 3. The average Bonchev–Trinajstić information content (AvgIpc) is 2.85. The van der Waals surface area contributed by atoms with Crippen LogP contribution in [0, 0.1) is 5.92 Å². The minimum Gasteiger partial charge on any atom is -0.493 e. The van der Waals surface area contributed by atoms with Crippen LogP contribution in [0.5, 0.6) is 17.2 Å². The fourth-order valence-electron chi connectivity index (χ4n) is 5.35. The molecule has 198 valence electrons. The molecule has 0 aromatic heterocycles. The van der Waals surface area contributed by atoms with Gasteiger partial charge in [0.1, 0.15) is 0 Å². The molecule has 0 radical (unpaired) electrons. The quantitative estimate of drug-likeness (QED) is 0.404. The summed E-state index contributed by atoms with van der Waals surface area (Å²) in [5.74, 6) is 2.11. The van der Waals surface area contributed by atoms with Gasteiger partial charge in [-0.25, -0.2) is 4.79 Å². The number of ether oxygens (including phenoxy) is 3. The topological polar surface area (TPSA) is 72.1 Å². The Hall–Kier alpha value is -2.64. The largest absolute Gasteiger partial charge is 0.493 e. The molecule has 7 nitrogen and oxygen atoms in total. The fourth-order valence-corrected chi connectivity index (χ4v) is 5.48. The number of nitrogens with one attached hydrogen (secondary N) is 2. The molecule has 2 N–H and O–H groups in total. The zero-order chi connectivity index (χ0) is 26.2. The van der Waals surface area contributed by atoms with E-state index in [9.17, 15) is 4.79 Å². The van der Waals surface area contributed by atoms with Crippen molar-refractivity contribution >= 4 is 23.3 Å². The lowest BCUT2D eigenvalue weighted by atomic mass is 9.81. The molecule has 0 aliphatic carbocycles. The number of carbonyl (C=O) groups excluding carboxylic acids is 1. The van der Waals surface area contributed by atoms with Gasteiger partial charge in [0.15, 0.2) is 11.5 Å². The van der Waals surface area contributed by atoms with E-state index in [0.717, 1.165) is 37.3 Å². The molecule has 36 heavy (non-hydrogen) atoms. The van der Waals surface area contributed by atoms with Crippen LogP contribution in [0.1, 0.15) is 45.6 Å². The van der Waals surface area contributed by atoms with Crippen molar-refractivity contribution in [3.63, 3.8) is 0 Å². The summed E-state index contributed by atoms with van der Waals surface area (Å²) >= 11 is 6.05. The molecule has 1 fully saturated rings. The van der Waals surface area contributed by atoms with Crippen LogP contribution in [0.2, 0.25) is 5.02 Å². The van der Waals surface area contributed by atoms with Crippen molar-refractivity contribution in [2.45, 2.75) is 64.6 Å². The molecule has 1 heterocycles. The Morgan fingerprint density at radius 2 is 1.72 bits per heavy atom. The number of halogens is 1. The number of piperidine rings is 1. The lowest BCUT2D eigenvalue weighted by Gasteiger charge is -2.45. The van der Waals surface area contributed by atoms with Crippen LogP contribution >= 0.6 is 11.6 Å². The van der Waals surface area contributed by atoms with Crippen molar-refractivity contribution in [1.82, 2.24) is 10.2 Å². The van der Waals surface area contributed by atoms with E-state index in [2.05, 4.69) is 41.5 Å². The highest BCUT2D eigenvalue weighted by atomic mass is 35.5. The maximum Gasteiger partial charge on any atom is 0.319 e. The summed E-state index contributed by atoms with van der Waals surface area (Å²) in [5, 5.41) is 6.76. The van der Waals surface area contributed by atoms with Crippen LogP contribution in [-0.4, -0.2) is 56.9 Å². The van der Waals surface area contributed by atoms with Crippen molar-refractivity contribution < 1.29 is 19.0 Å². The van der Waals surface area contributed by atoms with Gasteiger partial charge in [0.25, 0.3) is 0 Å². The van der Waals surface area contributed by atoms with E-state index < -0.39 is 0 Å². The van der Waals surface area contributed by atoms with Crippen LogP contribution in [0.25, 0.3) is 0 Å². The number of anilines is 1. The molecule has 3 rings (SSSR count). The van der Waals surface area contributed by atoms with Crippen LogP contribution in [-0.2, 0) is 6.42 Å². The van der Waals surface area contributed by atoms with E-state index in [4.69, 9.17) is 25.8 Å². The lowest BCUT2D eigenvalue weighted by Crippen LogP contribution is -2.53. The molecule has 1 saturated heterocycles. The summed E-state index contributed by atoms with van der Waals surface area (Å²) in [7, 11) is 4.65. The zero-order valence-corrected chi connectivity index (χ0v) is 23.0. The maximum absolute atomic E-state index is 12.8. The summed E-state index contributed by atoms with van der Waals surface area (Å²) in [6, 6.07) is 12.3. The number of likely N-dealkylation sites (tertiary alicyclic amines) is 1. The molecule has 4 atom stereocenters. The number of urea groups is 1. The molecule has 2 amide bonds.